The highest BCUT2D eigenvalue weighted by atomic mass is 32.2. The molecule has 9 nitrogen and oxygen atoms in total. The molecular formula is C27H24N4O5S. The Labute approximate surface area is 213 Å². The molecule has 0 atom stereocenters. The van der Waals surface area contributed by atoms with Crippen LogP contribution in [-0.4, -0.2) is 30.3 Å². The Morgan fingerprint density at radius 1 is 1.08 bits per heavy atom. The Balaban J connectivity index is 1.57. The van der Waals surface area contributed by atoms with Gasteiger partial charge in [-0.2, -0.15) is 18.2 Å². The summed E-state index contributed by atoms with van der Waals surface area (Å²) in [5, 5.41) is 18.5. The predicted octanol–water partition coefficient (Wildman–Crippen LogP) is 4.34. The number of amidine groups is 1. The molecule has 10 heteroatoms. The zero-order valence-corrected chi connectivity index (χ0v) is 20.9. The maximum Gasteiger partial charge on any atom is 0.286 e. The summed E-state index contributed by atoms with van der Waals surface area (Å²) in [6.07, 6.45) is 1.59. The minimum Gasteiger partial charge on any atom is -0.506 e. The zero-order valence-electron chi connectivity index (χ0n) is 20.1. The van der Waals surface area contributed by atoms with Gasteiger partial charge in [0.1, 0.15) is 28.6 Å². The Morgan fingerprint density at radius 2 is 1.81 bits per heavy atom. The third-order valence-electron chi connectivity index (χ3n) is 5.69. The van der Waals surface area contributed by atoms with Crippen LogP contribution in [0.15, 0.2) is 92.0 Å². The zero-order chi connectivity index (χ0) is 26.2. The van der Waals surface area contributed by atoms with Gasteiger partial charge in [0.15, 0.2) is 5.84 Å². The summed E-state index contributed by atoms with van der Waals surface area (Å²) in [5.74, 6) is -0.263. The van der Waals surface area contributed by atoms with E-state index >= 15 is 0 Å². The highest BCUT2D eigenvalue weighted by molar-refractivity contribution is 7.90. The van der Waals surface area contributed by atoms with Crippen molar-refractivity contribution in [1.82, 2.24) is 4.68 Å². The summed E-state index contributed by atoms with van der Waals surface area (Å²) in [6, 6.07) is 20.7. The fourth-order valence-corrected chi connectivity index (χ4v) is 5.05. The van der Waals surface area contributed by atoms with Crippen LogP contribution in [0.25, 0.3) is 10.9 Å². The van der Waals surface area contributed by atoms with Crippen molar-refractivity contribution < 1.29 is 18.3 Å². The minimum absolute atomic E-state index is 0.0543. The average Bonchev–Trinajstić information content (AvgIpc) is 2.88. The third kappa shape index (κ3) is 4.70. The Hall–Kier alpha value is -4.44. The van der Waals surface area contributed by atoms with Gasteiger partial charge in [0, 0.05) is 17.7 Å². The molecule has 2 N–H and O–H groups in total. The number of hydrogen-bond donors (Lipinski definition) is 2. The molecule has 3 aromatic carbocycles. The maximum atomic E-state index is 13.5. The second kappa shape index (κ2) is 9.55. The van der Waals surface area contributed by atoms with Crippen LogP contribution < -0.4 is 15.6 Å². The number of para-hydroxylation sites is 1. The SMILES string of the molecule is CC(C)/C=N/n1c(=O)c(C2=NS(=O)(=O)c3cc(OCc4ccccc4)ccc3N2)c(O)c2ccccc21. The van der Waals surface area contributed by atoms with E-state index in [1.807, 2.05) is 44.2 Å². The summed E-state index contributed by atoms with van der Waals surface area (Å²) in [5.41, 5.74) is 0.524. The molecule has 0 spiro atoms. The van der Waals surface area contributed by atoms with Gasteiger partial charge in [-0.15, -0.1) is 4.40 Å². The van der Waals surface area contributed by atoms with Crippen LogP contribution in [0.4, 0.5) is 5.69 Å². The average molecular weight is 517 g/mol. The molecule has 1 aliphatic rings. The van der Waals surface area contributed by atoms with E-state index in [-0.39, 0.29) is 40.3 Å². The van der Waals surface area contributed by atoms with Gasteiger partial charge in [0.25, 0.3) is 15.6 Å². The van der Waals surface area contributed by atoms with Crippen molar-refractivity contribution in [3.8, 4) is 11.5 Å². The largest absolute Gasteiger partial charge is 0.506 e. The van der Waals surface area contributed by atoms with Crippen LogP contribution in [-0.2, 0) is 16.6 Å². The summed E-state index contributed by atoms with van der Waals surface area (Å²) in [6.45, 7) is 4.08. The molecule has 1 aromatic heterocycles. The lowest BCUT2D eigenvalue weighted by Crippen LogP contribution is -2.31. The molecule has 0 aliphatic carbocycles. The second-order valence-electron chi connectivity index (χ2n) is 8.84. The lowest BCUT2D eigenvalue weighted by molar-refractivity contribution is 0.305. The fraction of sp³-hybridized carbons (Fsp3) is 0.148. The number of ether oxygens (including phenoxy) is 1. The van der Waals surface area contributed by atoms with Crippen molar-refractivity contribution in [3.05, 3.63) is 94.3 Å². The molecule has 0 radical (unpaired) electrons. The third-order valence-corrected chi connectivity index (χ3v) is 7.01. The lowest BCUT2D eigenvalue weighted by Gasteiger charge is -2.20. The quantitative estimate of drug-likeness (QED) is 0.368. The molecule has 0 fully saturated rings. The molecule has 0 saturated carbocycles. The molecule has 188 valence electrons. The molecule has 5 rings (SSSR count). The molecule has 0 saturated heterocycles. The normalized spacial score (nSPS) is 14.4. The minimum atomic E-state index is -4.22. The van der Waals surface area contributed by atoms with Crippen LogP contribution in [0.3, 0.4) is 0 Å². The number of nitrogens with zero attached hydrogens (tertiary/aromatic N) is 3. The van der Waals surface area contributed by atoms with E-state index in [0.717, 1.165) is 10.2 Å². The number of benzene rings is 3. The van der Waals surface area contributed by atoms with Crippen LogP contribution in [0, 0.1) is 5.92 Å². The number of rotatable bonds is 6. The second-order valence-corrected chi connectivity index (χ2v) is 10.4. The van der Waals surface area contributed by atoms with Gasteiger partial charge in [0.05, 0.1) is 11.2 Å². The van der Waals surface area contributed by atoms with E-state index < -0.39 is 15.6 Å². The molecule has 1 aliphatic heterocycles. The summed E-state index contributed by atoms with van der Waals surface area (Å²) < 4.78 is 37.1. The summed E-state index contributed by atoms with van der Waals surface area (Å²) >= 11 is 0. The van der Waals surface area contributed by atoms with Gasteiger partial charge < -0.3 is 15.2 Å². The number of aromatic hydroxyl groups is 1. The lowest BCUT2D eigenvalue weighted by atomic mass is 10.1. The first-order valence-corrected chi connectivity index (χ1v) is 13.0. The van der Waals surface area contributed by atoms with E-state index in [0.29, 0.717) is 16.7 Å². The molecule has 0 bridgehead atoms. The summed E-state index contributed by atoms with van der Waals surface area (Å²) in [4.78, 5) is 13.4. The first kappa shape index (κ1) is 24.3. The molecule has 4 aromatic rings. The van der Waals surface area contributed by atoms with E-state index in [4.69, 9.17) is 4.74 Å². The number of pyridine rings is 1. The van der Waals surface area contributed by atoms with Crippen molar-refractivity contribution in [1.29, 1.82) is 0 Å². The first-order chi connectivity index (χ1) is 17.7. The van der Waals surface area contributed by atoms with Gasteiger partial charge in [-0.05, 0) is 35.7 Å². The maximum absolute atomic E-state index is 13.5. The molecule has 0 unspecified atom stereocenters. The van der Waals surface area contributed by atoms with Crippen LogP contribution in [0.1, 0.15) is 25.0 Å². The number of fused-ring (bicyclic) bond motifs is 2. The van der Waals surface area contributed by atoms with Gasteiger partial charge in [-0.1, -0.05) is 56.3 Å². The first-order valence-electron chi connectivity index (χ1n) is 11.6. The Bertz CT molecular complexity index is 1730. The van der Waals surface area contributed by atoms with Crippen LogP contribution >= 0.6 is 0 Å². The number of nitrogens with one attached hydrogen (secondary N) is 1. The van der Waals surface area contributed by atoms with E-state index in [1.165, 1.54) is 12.1 Å². The van der Waals surface area contributed by atoms with Crippen LogP contribution in [0.2, 0.25) is 0 Å². The van der Waals surface area contributed by atoms with Crippen molar-refractivity contribution in [2.24, 2.45) is 15.4 Å². The van der Waals surface area contributed by atoms with Gasteiger partial charge in [0.2, 0.25) is 0 Å². The standard InChI is InChI=1S/C27H24N4O5S/c1-17(2)15-28-31-22-11-7-6-10-20(22)25(32)24(27(31)33)26-29-21-13-12-19(14-23(21)37(34,35)30-26)36-16-18-8-4-3-5-9-18/h3-15,17,32H,16H2,1-2H3,(H,29,30)/b28-15+. The molecule has 37 heavy (non-hydrogen) atoms. The fourth-order valence-electron chi connectivity index (χ4n) is 3.92. The van der Waals surface area contributed by atoms with Gasteiger partial charge >= 0.3 is 0 Å². The number of sulfonamides is 1. The number of hydrogen-bond acceptors (Lipinski definition) is 7. The molecule has 0 amide bonds. The summed E-state index contributed by atoms with van der Waals surface area (Å²) in [7, 11) is -4.22. The predicted molar refractivity (Wildman–Crippen MR) is 143 cm³/mol. The van der Waals surface area contributed by atoms with Gasteiger partial charge in [-0.3, -0.25) is 4.79 Å². The van der Waals surface area contributed by atoms with Crippen molar-refractivity contribution in [3.63, 3.8) is 0 Å². The number of aromatic nitrogens is 1. The van der Waals surface area contributed by atoms with E-state index in [9.17, 15) is 18.3 Å². The molecular weight excluding hydrogens is 492 g/mol. The highest BCUT2D eigenvalue weighted by Gasteiger charge is 2.30. The monoisotopic (exact) mass is 516 g/mol. The Morgan fingerprint density at radius 3 is 2.57 bits per heavy atom. The van der Waals surface area contributed by atoms with Crippen molar-refractivity contribution in [2.45, 2.75) is 25.3 Å². The number of anilines is 1. The topological polar surface area (TPSA) is 122 Å². The highest BCUT2D eigenvalue weighted by Crippen LogP contribution is 2.34. The van der Waals surface area contributed by atoms with Crippen molar-refractivity contribution in [2.75, 3.05) is 5.32 Å². The molecule has 2 heterocycles. The van der Waals surface area contributed by atoms with E-state index in [1.54, 1.807) is 36.5 Å². The van der Waals surface area contributed by atoms with Crippen LogP contribution in [0.5, 0.6) is 11.5 Å². The van der Waals surface area contributed by atoms with E-state index in [2.05, 4.69) is 14.8 Å². The Kier molecular flexibility index (Phi) is 6.26. The van der Waals surface area contributed by atoms with Crippen molar-refractivity contribution >= 4 is 38.7 Å². The van der Waals surface area contributed by atoms with Gasteiger partial charge in [-0.25, -0.2) is 0 Å². The smallest absolute Gasteiger partial charge is 0.286 e.